The Morgan fingerprint density at radius 1 is 1.47 bits per heavy atom. The van der Waals surface area contributed by atoms with Crippen molar-refractivity contribution in [3.8, 4) is 0 Å². The molecule has 0 saturated heterocycles. The molecule has 0 N–H and O–H groups in total. The molecule has 0 aliphatic carbocycles. The van der Waals surface area contributed by atoms with E-state index in [-0.39, 0.29) is 5.78 Å². The Morgan fingerprint density at radius 2 is 2.12 bits per heavy atom. The second kappa shape index (κ2) is 6.17. The molecule has 0 amide bonds. The van der Waals surface area contributed by atoms with E-state index in [0.717, 1.165) is 5.56 Å². The zero-order chi connectivity index (χ0) is 13.0. The van der Waals surface area contributed by atoms with E-state index < -0.39 is 11.3 Å². The standard InChI is InChI=1S/C12H12BrClO3/c1-7(15)11(14)10-8(6-13)4-3-5-9(10)12(16)17-2/h3-5,11H,6H2,1-2H3. The van der Waals surface area contributed by atoms with Gasteiger partial charge in [-0.15, -0.1) is 11.6 Å². The predicted octanol–water partition coefficient (Wildman–Crippen LogP) is 3.24. The topological polar surface area (TPSA) is 43.4 Å². The molecule has 0 spiro atoms. The SMILES string of the molecule is COC(=O)c1cccc(CBr)c1C(Cl)C(C)=O. The minimum atomic E-state index is -0.835. The molecule has 1 rings (SSSR count). The summed E-state index contributed by atoms with van der Waals surface area (Å²) in [5, 5.41) is -0.318. The number of ketones is 1. The maximum absolute atomic E-state index is 11.6. The minimum absolute atomic E-state index is 0.204. The van der Waals surface area contributed by atoms with E-state index in [2.05, 4.69) is 20.7 Å². The second-order valence-corrected chi connectivity index (χ2v) is 4.47. The van der Waals surface area contributed by atoms with Crippen LogP contribution in [0.25, 0.3) is 0 Å². The smallest absolute Gasteiger partial charge is 0.338 e. The van der Waals surface area contributed by atoms with E-state index in [0.29, 0.717) is 16.5 Å². The lowest BCUT2D eigenvalue weighted by atomic mass is 9.97. The molecule has 0 fully saturated rings. The normalized spacial score (nSPS) is 12.0. The van der Waals surface area contributed by atoms with Crippen LogP contribution in [0.5, 0.6) is 0 Å². The maximum Gasteiger partial charge on any atom is 0.338 e. The molecule has 0 aliphatic rings. The highest BCUT2D eigenvalue weighted by atomic mass is 79.9. The van der Waals surface area contributed by atoms with Crippen LogP contribution >= 0.6 is 27.5 Å². The Hall–Kier alpha value is -0.870. The van der Waals surface area contributed by atoms with Gasteiger partial charge in [-0.1, -0.05) is 28.1 Å². The summed E-state index contributed by atoms with van der Waals surface area (Å²) in [5.41, 5.74) is 1.66. The quantitative estimate of drug-likeness (QED) is 0.632. The lowest BCUT2D eigenvalue weighted by Gasteiger charge is -2.15. The van der Waals surface area contributed by atoms with Crippen molar-refractivity contribution >= 4 is 39.3 Å². The highest BCUT2D eigenvalue weighted by Crippen LogP contribution is 2.30. The molecule has 3 nitrogen and oxygen atoms in total. The molecule has 17 heavy (non-hydrogen) atoms. The van der Waals surface area contributed by atoms with Crippen LogP contribution in [0.2, 0.25) is 0 Å². The fraction of sp³-hybridized carbons (Fsp3) is 0.333. The molecule has 0 bridgehead atoms. The molecular weight excluding hydrogens is 307 g/mol. The first kappa shape index (κ1) is 14.2. The Kier molecular flexibility index (Phi) is 5.15. The van der Waals surface area contributed by atoms with Crippen molar-refractivity contribution in [1.82, 2.24) is 0 Å². The van der Waals surface area contributed by atoms with Crippen LogP contribution in [-0.2, 0) is 14.9 Å². The van der Waals surface area contributed by atoms with Crippen LogP contribution in [0.3, 0.4) is 0 Å². The van der Waals surface area contributed by atoms with Crippen molar-refractivity contribution in [2.45, 2.75) is 17.6 Å². The molecule has 1 atom stereocenters. The summed E-state index contributed by atoms with van der Waals surface area (Å²) in [4.78, 5) is 23.0. The molecule has 0 saturated carbocycles. The van der Waals surface area contributed by atoms with Gasteiger partial charge in [0, 0.05) is 5.33 Å². The average Bonchev–Trinajstić information content (AvgIpc) is 2.35. The zero-order valence-electron chi connectivity index (χ0n) is 9.50. The Morgan fingerprint density at radius 3 is 2.59 bits per heavy atom. The molecular formula is C12H12BrClO3. The van der Waals surface area contributed by atoms with Gasteiger partial charge >= 0.3 is 5.97 Å². The molecule has 0 aliphatic heterocycles. The van der Waals surface area contributed by atoms with Gasteiger partial charge in [0.05, 0.1) is 12.7 Å². The second-order valence-electron chi connectivity index (χ2n) is 3.48. The maximum atomic E-state index is 11.6. The highest BCUT2D eigenvalue weighted by Gasteiger charge is 2.23. The van der Waals surface area contributed by atoms with E-state index in [1.807, 2.05) is 6.07 Å². The summed E-state index contributed by atoms with van der Waals surface area (Å²) in [5.74, 6) is -0.695. The highest BCUT2D eigenvalue weighted by molar-refractivity contribution is 9.08. The number of ether oxygens (including phenoxy) is 1. The number of alkyl halides is 2. The van der Waals surface area contributed by atoms with Gasteiger partial charge in [-0.3, -0.25) is 4.79 Å². The number of hydrogen-bond acceptors (Lipinski definition) is 3. The molecule has 0 heterocycles. The third kappa shape index (κ3) is 3.07. The molecule has 92 valence electrons. The number of carbonyl (C=O) groups is 2. The number of rotatable bonds is 4. The van der Waals surface area contributed by atoms with E-state index in [1.54, 1.807) is 12.1 Å². The Balaban J connectivity index is 3.40. The fourth-order valence-electron chi connectivity index (χ4n) is 1.52. The molecule has 1 unspecified atom stereocenters. The third-order valence-corrected chi connectivity index (χ3v) is 3.49. The summed E-state index contributed by atoms with van der Waals surface area (Å²) in [6, 6.07) is 5.15. The van der Waals surface area contributed by atoms with Gasteiger partial charge in [0.1, 0.15) is 5.38 Å². The number of hydrogen-bond donors (Lipinski definition) is 0. The van der Waals surface area contributed by atoms with Crippen molar-refractivity contribution in [1.29, 1.82) is 0 Å². The van der Waals surface area contributed by atoms with Gasteiger partial charge in [0.15, 0.2) is 5.78 Å². The van der Waals surface area contributed by atoms with Crippen molar-refractivity contribution in [2.75, 3.05) is 7.11 Å². The molecule has 1 aromatic rings. The van der Waals surface area contributed by atoms with Crippen LogP contribution in [0.15, 0.2) is 18.2 Å². The molecule has 1 aromatic carbocycles. The van der Waals surface area contributed by atoms with Crippen molar-refractivity contribution in [3.05, 3.63) is 34.9 Å². The summed E-state index contributed by atoms with van der Waals surface area (Å²) >= 11 is 9.36. The number of methoxy groups -OCH3 is 1. The molecule has 0 radical (unpaired) electrons. The average molecular weight is 320 g/mol. The monoisotopic (exact) mass is 318 g/mol. The largest absolute Gasteiger partial charge is 0.465 e. The van der Waals surface area contributed by atoms with Gasteiger partial charge < -0.3 is 4.74 Å². The van der Waals surface area contributed by atoms with E-state index in [9.17, 15) is 9.59 Å². The van der Waals surface area contributed by atoms with Gasteiger partial charge in [-0.05, 0) is 24.1 Å². The van der Waals surface area contributed by atoms with Crippen LogP contribution in [0, 0.1) is 0 Å². The van der Waals surface area contributed by atoms with Crippen molar-refractivity contribution in [2.24, 2.45) is 0 Å². The third-order valence-electron chi connectivity index (χ3n) is 2.36. The lowest BCUT2D eigenvalue weighted by Crippen LogP contribution is -2.13. The first-order valence-corrected chi connectivity index (χ1v) is 6.49. The Labute approximate surface area is 113 Å². The van der Waals surface area contributed by atoms with Gasteiger partial charge in [-0.25, -0.2) is 4.79 Å². The lowest BCUT2D eigenvalue weighted by molar-refractivity contribution is -0.116. The summed E-state index contributed by atoms with van der Waals surface area (Å²) in [7, 11) is 1.30. The predicted molar refractivity (Wildman–Crippen MR) is 69.7 cm³/mol. The number of esters is 1. The van der Waals surface area contributed by atoms with E-state index >= 15 is 0 Å². The van der Waals surface area contributed by atoms with E-state index in [1.165, 1.54) is 14.0 Å². The zero-order valence-corrected chi connectivity index (χ0v) is 11.8. The number of carbonyl (C=O) groups excluding carboxylic acids is 2. The number of Topliss-reactive ketones (excluding diaryl/α,β-unsaturated/α-hetero) is 1. The minimum Gasteiger partial charge on any atom is -0.465 e. The first-order valence-electron chi connectivity index (χ1n) is 4.93. The van der Waals surface area contributed by atoms with Crippen molar-refractivity contribution < 1.29 is 14.3 Å². The number of benzene rings is 1. The van der Waals surface area contributed by atoms with Crippen molar-refractivity contribution in [3.63, 3.8) is 0 Å². The van der Waals surface area contributed by atoms with Crippen LogP contribution in [0.1, 0.15) is 33.8 Å². The van der Waals surface area contributed by atoms with Gasteiger partial charge in [-0.2, -0.15) is 0 Å². The summed E-state index contributed by atoms with van der Waals surface area (Å²) in [6.07, 6.45) is 0. The van der Waals surface area contributed by atoms with E-state index in [4.69, 9.17) is 11.6 Å². The molecule has 5 heteroatoms. The fourth-order valence-corrected chi connectivity index (χ4v) is 2.27. The Bertz CT molecular complexity index is 445. The van der Waals surface area contributed by atoms with Crippen LogP contribution in [-0.4, -0.2) is 18.9 Å². The first-order chi connectivity index (χ1) is 8.02. The van der Waals surface area contributed by atoms with Gasteiger partial charge in [0.2, 0.25) is 0 Å². The van der Waals surface area contributed by atoms with Crippen LogP contribution in [0.4, 0.5) is 0 Å². The summed E-state index contributed by atoms with van der Waals surface area (Å²) in [6.45, 7) is 1.39. The van der Waals surface area contributed by atoms with Crippen LogP contribution < -0.4 is 0 Å². The van der Waals surface area contributed by atoms with Gasteiger partial charge in [0.25, 0.3) is 0 Å². The summed E-state index contributed by atoms with van der Waals surface area (Å²) < 4.78 is 4.68. The molecule has 0 aromatic heterocycles. The number of halogens is 2.